The maximum Gasteiger partial charge on any atom is 0.358 e. The number of hydrogen-bond donors (Lipinski definition) is 3. The largest absolute Gasteiger partial charge is 0.476 e. The van der Waals surface area contributed by atoms with Crippen LogP contribution in [0, 0.1) is 0 Å². The first-order valence-electron chi connectivity index (χ1n) is 15.2. The summed E-state index contributed by atoms with van der Waals surface area (Å²) in [7, 11) is 3.73. The van der Waals surface area contributed by atoms with Crippen molar-refractivity contribution in [2.75, 3.05) is 0 Å². The molecule has 51 heavy (non-hydrogen) atoms. The van der Waals surface area contributed by atoms with Crippen LogP contribution in [0.3, 0.4) is 0 Å². The zero-order valence-corrected chi connectivity index (χ0v) is 30.2. The number of rotatable bonds is 6. The van der Waals surface area contributed by atoms with Gasteiger partial charge in [0.05, 0.1) is 30.0 Å². The third-order valence-corrected chi connectivity index (χ3v) is 8.60. The fourth-order valence-electron chi connectivity index (χ4n) is 4.92. The minimum atomic E-state index is -1.11. The van der Waals surface area contributed by atoms with E-state index in [-0.39, 0.29) is 5.69 Å². The summed E-state index contributed by atoms with van der Waals surface area (Å²) in [6.07, 6.45) is 5.17. The van der Waals surface area contributed by atoms with Gasteiger partial charge in [-0.1, -0.05) is 115 Å². The standard InChI is InChI=1S/C18H14N6O2.C9H8BrN3.C8H6BrN3/c1-24-15(10-19-23-24)13-6-2-11(3-7-13)12-4-8-14(9-5-12)16-17(18(25)26)21-22-20-16;1-13-9(6-11-12-13)7-2-4-8(10)5-3-7;9-7-3-1-6(2-4-7)8-5-10-12-11-8/h2-10H,1H3,(H,25,26)(H,20,21,22);2-6H,1H3;1-5H,(H,10,11,12). The molecule has 4 aromatic carbocycles. The van der Waals surface area contributed by atoms with E-state index in [0.717, 1.165) is 53.8 Å². The summed E-state index contributed by atoms with van der Waals surface area (Å²) in [6, 6.07) is 31.6. The van der Waals surface area contributed by atoms with Crippen molar-refractivity contribution in [1.29, 1.82) is 0 Å². The van der Waals surface area contributed by atoms with Crippen molar-refractivity contribution in [2.45, 2.75) is 0 Å². The lowest BCUT2D eigenvalue weighted by atomic mass is 10.0. The van der Waals surface area contributed by atoms with Crippen molar-refractivity contribution in [1.82, 2.24) is 60.8 Å². The molecule has 14 nitrogen and oxygen atoms in total. The third kappa shape index (κ3) is 8.55. The summed E-state index contributed by atoms with van der Waals surface area (Å²) in [5.74, 6) is -1.11. The van der Waals surface area contributed by atoms with Gasteiger partial charge in [0.1, 0.15) is 11.4 Å². The SMILES string of the molecule is Brc1ccc(-c2cn[nH]n2)cc1.Cn1nncc1-c1ccc(-c2ccc(-c3n[nH]nc3C(=O)O)cc2)cc1.Cn1nncc1-c1ccc(Br)cc1. The lowest BCUT2D eigenvalue weighted by Gasteiger charge is -2.06. The molecule has 0 atom stereocenters. The summed E-state index contributed by atoms with van der Waals surface area (Å²) in [5, 5.41) is 44.9. The number of hydrogen-bond acceptors (Lipinski definition) is 9. The topological polar surface area (TPSA) is 182 Å². The van der Waals surface area contributed by atoms with Gasteiger partial charge in [-0.05, 0) is 35.4 Å². The highest BCUT2D eigenvalue weighted by molar-refractivity contribution is 9.10. The molecule has 0 unspecified atom stereocenters. The molecule has 0 aliphatic rings. The molecule has 8 aromatic rings. The highest BCUT2D eigenvalue weighted by Crippen LogP contribution is 2.27. The van der Waals surface area contributed by atoms with E-state index in [1.165, 1.54) is 0 Å². The van der Waals surface area contributed by atoms with Crippen LogP contribution < -0.4 is 0 Å². The molecule has 0 aliphatic heterocycles. The lowest BCUT2D eigenvalue weighted by molar-refractivity contribution is 0.0691. The number of nitrogens with zero attached hydrogens (tertiary/aromatic N) is 10. The summed E-state index contributed by atoms with van der Waals surface area (Å²) in [4.78, 5) is 11.2. The Morgan fingerprint density at radius 2 is 1.02 bits per heavy atom. The first-order valence-corrected chi connectivity index (χ1v) is 16.8. The number of aromatic nitrogens is 12. The number of benzene rings is 4. The number of halogens is 2. The number of H-pyrrole nitrogens is 2. The fraction of sp³-hybridized carbons (Fsp3) is 0.0571. The highest BCUT2D eigenvalue weighted by atomic mass is 79.9. The van der Waals surface area contributed by atoms with Crippen LogP contribution in [0.15, 0.2) is 125 Å². The Hall–Kier alpha value is -6.13. The van der Waals surface area contributed by atoms with Gasteiger partial charge in [0, 0.05) is 45.3 Å². The highest BCUT2D eigenvalue weighted by Gasteiger charge is 2.16. The Bertz CT molecular complexity index is 2310. The van der Waals surface area contributed by atoms with Gasteiger partial charge in [0.15, 0.2) is 5.69 Å². The molecule has 3 N–H and O–H groups in total. The summed E-state index contributed by atoms with van der Waals surface area (Å²) in [6.45, 7) is 0. The molecule has 0 spiro atoms. The third-order valence-electron chi connectivity index (χ3n) is 7.55. The van der Waals surface area contributed by atoms with E-state index >= 15 is 0 Å². The molecule has 4 heterocycles. The van der Waals surface area contributed by atoms with Crippen LogP contribution >= 0.6 is 31.9 Å². The zero-order valence-electron chi connectivity index (χ0n) is 27.1. The maximum absolute atomic E-state index is 11.2. The van der Waals surface area contributed by atoms with Crippen LogP contribution in [0.1, 0.15) is 10.5 Å². The Morgan fingerprint density at radius 1 is 0.569 bits per heavy atom. The predicted octanol–water partition coefficient (Wildman–Crippen LogP) is 7.11. The predicted molar refractivity (Wildman–Crippen MR) is 198 cm³/mol. The number of aryl methyl sites for hydroxylation is 2. The van der Waals surface area contributed by atoms with E-state index in [1.54, 1.807) is 28.0 Å². The maximum atomic E-state index is 11.2. The second kappa shape index (κ2) is 16.1. The summed E-state index contributed by atoms with van der Waals surface area (Å²) >= 11 is 6.75. The van der Waals surface area contributed by atoms with Crippen LogP contribution in [-0.4, -0.2) is 71.9 Å². The van der Waals surface area contributed by atoms with Gasteiger partial charge in [-0.3, -0.25) is 0 Å². The van der Waals surface area contributed by atoms with E-state index < -0.39 is 5.97 Å². The van der Waals surface area contributed by atoms with Crippen molar-refractivity contribution < 1.29 is 9.90 Å². The number of aromatic amines is 2. The molecule has 0 aliphatic carbocycles. The smallest absolute Gasteiger partial charge is 0.358 e. The quantitative estimate of drug-likeness (QED) is 0.157. The number of carboxylic acids is 1. The van der Waals surface area contributed by atoms with Crippen LogP contribution in [0.25, 0.3) is 56.2 Å². The van der Waals surface area contributed by atoms with Gasteiger partial charge in [0.25, 0.3) is 0 Å². The zero-order chi connectivity index (χ0) is 35.7. The molecule has 0 radical (unpaired) electrons. The molecule has 0 amide bonds. The van der Waals surface area contributed by atoms with Gasteiger partial charge in [-0.15, -0.1) is 15.3 Å². The first-order chi connectivity index (χ1) is 24.8. The number of aromatic carboxylic acids is 1. The van der Waals surface area contributed by atoms with Crippen LogP contribution in [0.5, 0.6) is 0 Å². The van der Waals surface area contributed by atoms with Crippen molar-refractivity contribution in [3.05, 3.63) is 130 Å². The molecule has 8 rings (SSSR count). The second-order valence-corrected chi connectivity index (χ2v) is 12.7. The molecular formula is C35H28Br2N12O2. The molecule has 0 fully saturated rings. The Balaban J connectivity index is 0.000000149. The molecule has 0 saturated heterocycles. The summed E-state index contributed by atoms with van der Waals surface area (Å²) < 4.78 is 5.62. The van der Waals surface area contributed by atoms with E-state index in [9.17, 15) is 4.79 Å². The first kappa shape index (κ1) is 34.7. The van der Waals surface area contributed by atoms with Crippen molar-refractivity contribution >= 4 is 37.8 Å². The van der Waals surface area contributed by atoms with Gasteiger partial charge >= 0.3 is 5.97 Å². The lowest BCUT2D eigenvalue weighted by Crippen LogP contribution is -1.99. The van der Waals surface area contributed by atoms with E-state index in [0.29, 0.717) is 11.3 Å². The second-order valence-electron chi connectivity index (χ2n) is 10.8. The number of carbonyl (C=O) groups is 1. The van der Waals surface area contributed by atoms with E-state index in [4.69, 9.17) is 5.11 Å². The minimum Gasteiger partial charge on any atom is -0.476 e. The molecule has 254 valence electrons. The number of carboxylic acid groups (broad SMARTS) is 1. The van der Waals surface area contributed by atoms with Crippen molar-refractivity contribution in [3.63, 3.8) is 0 Å². The molecule has 16 heteroatoms. The Labute approximate surface area is 307 Å². The molecule has 0 saturated carbocycles. The number of nitrogens with one attached hydrogen (secondary N) is 2. The van der Waals surface area contributed by atoms with Crippen LogP contribution in [0.2, 0.25) is 0 Å². The van der Waals surface area contributed by atoms with E-state index in [1.807, 2.05) is 111 Å². The fourth-order valence-corrected chi connectivity index (χ4v) is 5.45. The summed E-state index contributed by atoms with van der Waals surface area (Å²) in [5.41, 5.74) is 9.04. The van der Waals surface area contributed by atoms with Gasteiger partial charge in [-0.25, -0.2) is 14.2 Å². The van der Waals surface area contributed by atoms with Crippen LogP contribution in [0.4, 0.5) is 0 Å². The van der Waals surface area contributed by atoms with Gasteiger partial charge < -0.3 is 5.11 Å². The average molecular weight is 808 g/mol. The van der Waals surface area contributed by atoms with Crippen LogP contribution in [-0.2, 0) is 14.1 Å². The minimum absolute atomic E-state index is 0.0908. The Morgan fingerprint density at radius 3 is 1.45 bits per heavy atom. The monoisotopic (exact) mass is 806 g/mol. The van der Waals surface area contributed by atoms with Crippen molar-refractivity contribution in [2.24, 2.45) is 14.1 Å². The van der Waals surface area contributed by atoms with Gasteiger partial charge in [-0.2, -0.15) is 25.7 Å². The molecular weight excluding hydrogens is 780 g/mol. The normalized spacial score (nSPS) is 10.5. The van der Waals surface area contributed by atoms with Crippen molar-refractivity contribution in [3.8, 4) is 56.2 Å². The van der Waals surface area contributed by atoms with E-state index in [2.05, 4.69) is 83.3 Å². The average Bonchev–Trinajstić information content (AvgIpc) is 3.99. The Kier molecular flexibility index (Phi) is 10.9. The molecule has 4 aromatic heterocycles. The molecule has 0 bridgehead atoms. The van der Waals surface area contributed by atoms with Gasteiger partial charge in [0.2, 0.25) is 0 Å².